The van der Waals surface area contributed by atoms with Crippen molar-refractivity contribution in [3.63, 3.8) is 0 Å². The SMILES string of the molecule is CCOC(=O)C1CCN(C23CCCCC2=Cc2cc(Cl)cc([N+](=O)[O-])c2O3)CC1. The molecule has 0 spiro atoms. The minimum absolute atomic E-state index is 0.0948. The lowest BCUT2D eigenvalue weighted by Gasteiger charge is -2.51. The van der Waals surface area contributed by atoms with E-state index in [0.29, 0.717) is 43.1 Å². The van der Waals surface area contributed by atoms with Gasteiger partial charge >= 0.3 is 11.7 Å². The molecule has 1 unspecified atom stereocenters. The predicted molar refractivity (Wildman–Crippen MR) is 109 cm³/mol. The number of esters is 1. The van der Waals surface area contributed by atoms with Gasteiger partial charge in [-0.05, 0) is 56.7 Å². The van der Waals surface area contributed by atoms with Crippen molar-refractivity contribution in [3.05, 3.63) is 38.4 Å². The minimum Gasteiger partial charge on any atom is -0.466 e. The highest BCUT2D eigenvalue weighted by atomic mass is 35.5. The highest BCUT2D eigenvalue weighted by Gasteiger charge is 2.49. The Bertz CT molecular complexity index is 863. The number of halogens is 1. The number of hydrogen-bond acceptors (Lipinski definition) is 6. The zero-order chi connectivity index (χ0) is 20.6. The number of carbonyl (C=O) groups is 1. The van der Waals surface area contributed by atoms with Gasteiger partial charge in [0.2, 0.25) is 5.75 Å². The molecule has 1 atom stereocenters. The second-order valence-corrected chi connectivity index (χ2v) is 8.31. The van der Waals surface area contributed by atoms with E-state index < -0.39 is 10.6 Å². The van der Waals surface area contributed by atoms with Crippen LogP contribution in [0.1, 0.15) is 51.0 Å². The third-order valence-electron chi connectivity index (χ3n) is 6.20. The van der Waals surface area contributed by atoms with Crippen molar-refractivity contribution < 1.29 is 19.2 Å². The van der Waals surface area contributed by atoms with Crippen LogP contribution in [0, 0.1) is 16.0 Å². The van der Waals surface area contributed by atoms with Crippen molar-refractivity contribution in [1.29, 1.82) is 0 Å². The van der Waals surface area contributed by atoms with Crippen molar-refractivity contribution >= 4 is 29.3 Å². The highest BCUT2D eigenvalue weighted by molar-refractivity contribution is 6.31. The first-order valence-electron chi connectivity index (χ1n) is 10.2. The van der Waals surface area contributed by atoms with E-state index in [4.69, 9.17) is 21.1 Å². The Morgan fingerprint density at radius 2 is 2.14 bits per heavy atom. The van der Waals surface area contributed by atoms with Crippen LogP contribution in [0.15, 0.2) is 17.7 Å². The summed E-state index contributed by atoms with van der Waals surface area (Å²) in [5.74, 6) is 0.0597. The van der Waals surface area contributed by atoms with Gasteiger partial charge in [0, 0.05) is 36.2 Å². The molecule has 0 radical (unpaired) electrons. The van der Waals surface area contributed by atoms with Crippen molar-refractivity contribution in [3.8, 4) is 5.75 Å². The van der Waals surface area contributed by atoms with Crippen LogP contribution >= 0.6 is 11.6 Å². The van der Waals surface area contributed by atoms with E-state index in [0.717, 1.165) is 31.3 Å². The van der Waals surface area contributed by atoms with Crippen LogP contribution in [0.5, 0.6) is 5.75 Å². The number of nitrogens with zero attached hydrogens (tertiary/aromatic N) is 2. The summed E-state index contributed by atoms with van der Waals surface area (Å²) in [6.07, 6.45) is 7.15. The van der Waals surface area contributed by atoms with Crippen LogP contribution < -0.4 is 4.74 Å². The molecule has 0 amide bonds. The Morgan fingerprint density at radius 3 is 2.83 bits per heavy atom. The molecule has 156 valence electrons. The van der Waals surface area contributed by atoms with E-state index in [9.17, 15) is 14.9 Å². The summed E-state index contributed by atoms with van der Waals surface area (Å²) in [4.78, 5) is 25.6. The average Bonchev–Trinajstić information content (AvgIpc) is 2.72. The van der Waals surface area contributed by atoms with Gasteiger partial charge in [0.1, 0.15) is 0 Å². The number of carbonyl (C=O) groups excluding carboxylic acids is 1. The molecule has 1 saturated carbocycles. The van der Waals surface area contributed by atoms with Crippen LogP contribution in [-0.2, 0) is 9.53 Å². The fourth-order valence-electron chi connectivity index (χ4n) is 4.81. The largest absolute Gasteiger partial charge is 0.466 e. The fraction of sp³-hybridized carbons (Fsp3) is 0.571. The molecule has 0 N–H and O–H groups in total. The van der Waals surface area contributed by atoms with Crippen LogP contribution in [0.25, 0.3) is 6.08 Å². The van der Waals surface area contributed by atoms with Gasteiger partial charge in [0.15, 0.2) is 5.72 Å². The van der Waals surface area contributed by atoms with Crippen LogP contribution in [-0.4, -0.2) is 41.2 Å². The number of nitro groups is 1. The Kier molecular flexibility index (Phi) is 5.53. The second-order valence-electron chi connectivity index (χ2n) is 7.88. The monoisotopic (exact) mass is 420 g/mol. The van der Waals surface area contributed by atoms with Gasteiger partial charge in [-0.25, -0.2) is 0 Å². The second kappa shape index (κ2) is 7.95. The standard InChI is InChI=1S/C21H25ClN2O5/c1-2-28-20(25)14-6-9-23(10-7-14)21-8-4-3-5-16(21)11-15-12-17(22)13-18(24(26)27)19(15)29-21/h11-14H,2-10H2,1H3. The quantitative estimate of drug-likeness (QED) is 0.403. The number of nitro benzene ring substituents is 1. The van der Waals surface area contributed by atoms with E-state index in [1.165, 1.54) is 6.07 Å². The maximum Gasteiger partial charge on any atom is 0.313 e. The number of hydrogen-bond donors (Lipinski definition) is 0. The molecule has 1 aromatic carbocycles. The third-order valence-corrected chi connectivity index (χ3v) is 6.42. The van der Waals surface area contributed by atoms with E-state index in [-0.39, 0.29) is 23.3 Å². The van der Waals surface area contributed by atoms with Crippen molar-refractivity contribution in [2.75, 3.05) is 19.7 Å². The molecule has 1 aromatic rings. The minimum atomic E-state index is -0.677. The number of benzene rings is 1. The van der Waals surface area contributed by atoms with Gasteiger partial charge in [0.05, 0.1) is 17.4 Å². The normalized spacial score (nSPS) is 24.7. The third kappa shape index (κ3) is 3.62. The summed E-state index contributed by atoms with van der Waals surface area (Å²) in [6.45, 7) is 3.59. The number of ether oxygens (including phenoxy) is 2. The molecule has 2 heterocycles. The molecular weight excluding hydrogens is 396 g/mol. The van der Waals surface area contributed by atoms with Gasteiger partial charge in [-0.15, -0.1) is 0 Å². The molecule has 1 saturated heterocycles. The molecule has 2 aliphatic heterocycles. The summed E-state index contributed by atoms with van der Waals surface area (Å²) in [6, 6.07) is 3.07. The Hall–Kier alpha value is -2.12. The molecule has 0 bridgehead atoms. The summed E-state index contributed by atoms with van der Waals surface area (Å²) < 4.78 is 11.7. The van der Waals surface area contributed by atoms with Gasteiger partial charge in [-0.3, -0.25) is 19.8 Å². The molecule has 3 aliphatic rings. The fourth-order valence-corrected chi connectivity index (χ4v) is 5.03. The van der Waals surface area contributed by atoms with Gasteiger partial charge < -0.3 is 9.47 Å². The smallest absolute Gasteiger partial charge is 0.313 e. The maximum absolute atomic E-state index is 12.1. The molecule has 4 rings (SSSR count). The lowest BCUT2D eigenvalue weighted by atomic mass is 9.80. The summed E-state index contributed by atoms with van der Waals surface area (Å²) in [5, 5.41) is 12.0. The lowest BCUT2D eigenvalue weighted by Crippen LogP contribution is -2.59. The summed E-state index contributed by atoms with van der Waals surface area (Å²) in [5.41, 5.74) is 1.03. The summed E-state index contributed by atoms with van der Waals surface area (Å²) in [7, 11) is 0. The Labute approximate surface area is 174 Å². The van der Waals surface area contributed by atoms with E-state index >= 15 is 0 Å². The molecular formula is C21H25ClN2O5. The molecule has 2 fully saturated rings. The number of rotatable bonds is 4. The average molecular weight is 421 g/mol. The predicted octanol–water partition coefficient (Wildman–Crippen LogP) is 4.57. The van der Waals surface area contributed by atoms with Crippen molar-refractivity contribution in [1.82, 2.24) is 4.90 Å². The lowest BCUT2D eigenvalue weighted by molar-refractivity contribution is -0.386. The van der Waals surface area contributed by atoms with Crippen LogP contribution in [0.4, 0.5) is 5.69 Å². The number of piperidine rings is 1. The number of fused-ring (bicyclic) bond motifs is 2. The molecule has 29 heavy (non-hydrogen) atoms. The molecule has 8 heteroatoms. The van der Waals surface area contributed by atoms with Gasteiger partial charge in [0.25, 0.3) is 0 Å². The molecule has 0 aromatic heterocycles. The van der Waals surface area contributed by atoms with Gasteiger partial charge in [-0.2, -0.15) is 0 Å². The van der Waals surface area contributed by atoms with Crippen LogP contribution in [0.3, 0.4) is 0 Å². The first-order valence-corrected chi connectivity index (χ1v) is 10.6. The molecule has 1 aliphatic carbocycles. The summed E-state index contributed by atoms with van der Waals surface area (Å²) >= 11 is 6.11. The zero-order valence-electron chi connectivity index (χ0n) is 16.5. The first kappa shape index (κ1) is 20.2. The van der Waals surface area contributed by atoms with Crippen LogP contribution in [0.2, 0.25) is 5.02 Å². The van der Waals surface area contributed by atoms with E-state index in [1.54, 1.807) is 6.07 Å². The number of likely N-dealkylation sites (tertiary alicyclic amines) is 1. The highest BCUT2D eigenvalue weighted by Crippen LogP contribution is 2.50. The van der Waals surface area contributed by atoms with Crippen molar-refractivity contribution in [2.45, 2.75) is 51.2 Å². The topological polar surface area (TPSA) is 81.9 Å². The Morgan fingerprint density at radius 1 is 1.38 bits per heavy atom. The maximum atomic E-state index is 12.1. The first-order chi connectivity index (χ1) is 13.9. The van der Waals surface area contributed by atoms with E-state index in [1.807, 2.05) is 13.0 Å². The van der Waals surface area contributed by atoms with E-state index in [2.05, 4.69) is 4.90 Å². The van der Waals surface area contributed by atoms with Crippen molar-refractivity contribution in [2.24, 2.45) is 5.92 Å². The Balaban J connectivity index is 1.65. The molecule has 7 nitrogen and oxygen atoms in total. The van der Waals surface area contributed by atoms with Gasteiger partial charge in [-0.1, -0.05) is 11.6 Å². The zero-order valence-corrected chi connectivity index (χ0v) is 17.2.